The summed E-state index contributed by atoms with van der Waals surface area (Å²) in [5, 5.41) is 0. The lowest BCUT2D eigenvalue weighted by atomic mass is 10.2. The van der Waals surface area contributed by atoms with Gasteiger partial charge in [-0.1, -0.05) is 0 Å². The van der Waals surface area contributed by atoms with Crippen molar-refractivity contribution in [1.29, 1.82) is 0 Å². The van der Waals surface area contributed by atoms with E-state index in [0.29, 0.717) is 19.8 Å². The van der Waals surface area contributed by atoms with Crippen molar-refractivity contribution in [2.24, 2.45) is 5.92 Å². The number of rotatable bonds is 3. The Hall–Kier alpha value is -1.69. The summed E-state index contributed by atoms with van der Waals surface area (Å²) in [5.74, 6) is 2.18. The first-order valence-corrected chi connectivity index (χ1v) is 8.29. The first-order chi connectivity index (χ1) is 10.8. The molecular weight excluding hydrogens is 280 g/mol. The maximum Gasteiger partial charge on any atom is 0.226 e. The molecule has 4 rings (SSSR count). The van der Waals surface area contributed by atoms with Crippen molar-refractivity contribution >= 4 is 11.7 Å². The molecule has 1 aromatic heterocycles. The van der Waals surface area contributed by atoms with Gasteiger partial charge < -0.3 is 14.5 Å². The number of carbonyl (C=O) groups is 1. The highest BCUT2D eigenvalue weighted by Crippen LogP contribution is 2.34. The molecule has 1 aliphatic carbocycles. The second-order valence-electron chi connectivity index (χ2n) is 6.36. The number of hydrogen-bond donors (Lipinski definition) is 0. The summed E-state index contributed by atoms with van der Waals surface area (Å²) in [6.45, 7) is 3.88. The van der Waals surface area contributed by atoms with E-state index >= 15 is 0 Å². The second kappa shape index (κ2) is 5.83. The fourth-order valence-corrected chi connectivity index (χ4v) is 3.29. The van der Waals surface area contributed by atoms with Crippen LogP contribution < -0.4 is 4.90 Å². The zero-order valence-corrected chi connectivity index (χ0v) is 12.8. The van der Waals surface area contributed by atoms with Crippen LogP contribution >= 0.6 is 0 Å². The first kappa shape index (κ1) is 13.9. The van der Waals surface area contributed by atoms with Gasteiger partial charge in [0, 0.05) is 31.7 Å². The van der Waals surface area contributed by atoms with Crippen LogP contribution in [0.15, 0.2) is 12.3 Å². The lowest BCUT2D eigenvalue weighted by Gasteiger charge is -2.35. The third-order valence-corrected chi connectivity index (χ3v) is 4.73. The molecule has 0 unspecified atom stereocenters. The summed E-state index contributed by atoms with van der Waals surface area (Å²) >= 11 is 0. The minimum Gasteiger partial charge on any atom is -0.377 e. The molecule has 6 nitrogen and oxygen atoms in total. The maximum atomic E-state index is 12.5. The molecule has 3 fully saturated rings. The van der Waals surface area contributed by atoms with E-state index in [9.17, 15) is 4.79 Å². The van der Waals surface area contributed by atoms with Crippen LogP contribution in [0.4, 0.5) is 5.82 Å². The molecule has 1 aromatic rings. The van der Waals surface area contributed by atoms with E-state index in [-0.39, 0.29) is 17.9 Å². The number of hydrogen-bond acceptors (Lipinski definition) is 5. The lowest BCUT2D eigenvalue weighted by molar-refractivity contribution is -0.141. The van der Waals surface area contributed by atoms with Crippen LogP contribution in [-0.4, -0.2) is 53.6 Å². The highest BCUT2D eigenvalue weighted by atomic mass is 16.5. The molecule has 2 saturated heterocycles. The van der Waals surface area contributed by atoms with Gasteiger partial charge in [0.1, 0.15) is 11.9 Å². The van der Waals surface area contributed by atoms with Gasteiger partial charge in [0.25, 0.3) is 0 Å². The molecule has 0 radical (unpaired) electrons. The summed E-state index contributed by atoms with van der Waals surface area (Å²) in [6, 6.07) is 1.83. The Morgan fingerprint density at radius 3 is 2.82 bits per heavy atom. The number of morpholine rings is 1. The molecule has 6 heteroatoms. The quantitative estimate of drug-likeness (QED) is 0.844. The number of anilines is 1. The fourth-order valence-electron chi connectivity index (χ4n) is 3.29. The second-order valence-corrected chi connectivity index (χ2v) is 6.36. The average Bonchev–Trinajstić information content (AvgIpc) is 3.28. The van der Waals surface area contributed by atoms with Gasteiger partial charge in [0.05, 0.1) is 13.2 Å². The third-order valence-electron chi connectivity index (χ3n) is 4.73. The Kier molecular flexibility index (Phi) is 3.70. The van der Waals surface area contributed by atoms with Crippen molar-refractivity contribution < 1.29 is 9.53 Å². The monoisotopic (exact) mass is 302 g/mol. The number of carbonyl (C=O) groups excluding carboxylic acids is 1. The summed E-state index contributed by atoms with van der Waals surface area (Å²) in [4.78, 5) is 25.9. The van der Waals surface area contributed by atoms with Gasteiger partial charge in [0.2, 0.25) is 5.91 Å². The fraction of sp³-hybridized carbons (Fsp3) is 0.688. The van der Waals surface area contributed by atoms with Crippen molar-refractivity contribution in [3.63, 3.8) is 0 Å². The average molecular weight is 302 g/mol. The van der Waals surface area contributed by atoms with Crippen LogP contribution in [0.25, 0.3) is 0 Å². The number of amides is 1. The predicted molar refractivity (Wildman–Crippen MR) is 81.5 cm³/mol. The van der Waals surface area contributed by atoms with E-state index in [1.807, 2.05) is 17.2 Å². The Labute approximate surface area is 130 Å². The highest BCUT2D eigenvalue weighted by Gasteiger charge is 2.39. The van der Waals surface area contributed by atoms with E-state index in [0.717, 1.165) is 37.6 Å². The minimum atomic E-state index is -0.135. The lowest BCUT2D eigenvalue weighted by Crippen LogP contribution is -2.44. The van der Waals surface area contributed by atoms with Crippen LogP contribution in [0.2, 0.25) is 0 Å². The SMILES string of the molecule is O=C(C1CC1)N1CCOC[C@H]1c1nccc(N2CCCC2)n1. The zero-order chi connectivity index (χ0) is 14.9. The predicted octanol–water partition coefficient (Wildman–Crippen LogP) is 1.39. The van der Waals surface area contributed by atoms with Crippen LogP contribution in [0, 0.1) is 5.92 Å². The molecule has 3 aliphatic rings. The van der Waals surface area contributed by atoms with E-state index in [2.05, 4.69) is 9.88 Å². The van der Waals surface area contributed by atoms with Crippen molar-refractivity contribution in [2.45, 2.75) is 31.7 Å². The van der Waals surface area contributed by atoms with Gasteiger partial charge in [-0.15, -0.1) is 0 Å². The topological polar surface area (TPSA) is 58.6 Å². The van der Waals surface area contributed by atoms with Gasteiger partial charge >= 0.3 is 0 Å². The summed E-state index contributed by atoms with van der Waals surface area (Å²) in [6.07, 6.45) is 6.30. The van der Waals surface area contributed by atoms with Crippen LogP contribution in [0.1, 0.15) is 37.5 Å². The van der Waals surface area contributed by atoms with E-state index in [1.54, 1.807) is 0 Å². The Bertz CT molecular complexity index is 555. The molecular formula is C16H22N4O2. The van der Waals surface area contributed by atoms with Gasteiger partial charge in [-0.05, 0) is 31.7 Å². The Balaban J connectivity index is 1.58. The van der Waals surface area contributed by atoms with Crippen LogP contribution in [0.5, 0.6) is 0 Å². The normalized spacial score (nSPS) is 25.5. The first-order valence-electron chi connectivity index (χ1n) is 8.29. The van der Waals surface area contributed by atoms with Crippen LogP contribution in [-0.2, 0) is 9.53 Å². The van der Waals surface area contributed by atoms with E-state index in [4.69, 9.17) is 9.72 Å². The number of nitrogens with zero attached hydrogens (tertiary/aromatic N) is 4. The third kappa shape index (κ3) is 2.67. The summed E-state index contributed by atoms with van der Waals surface area (Å²) < 4.78 is 5.59. The molecule has 0 bridgehead atoms. The molecule has 1 atom stereocenters. The standard InChI is InChI=1S/C16H22N4O2/c21-16(12-3-4-12)20-9-10-22-11-13(20)15-17-6-5-14(18-15)19-7-1-2-8-19/h5-6,12-13H,1-4,7-11H2/t13-/m0/s1. The van der Waals surface area contributed by atoms with Gasteiger partial charge in [-0.3, -0.25) is 4.79 Å². The maximum absolute atomic E-state index is 12.5. The molecule has 0 N–H and O–H groups in total. The molecule has 1 saturated carbocycles. The summed E-state index contributed by atoms with van der Waals surface area (Å²) in [5.41, 5.74) is 0. The number of ether oxygens (including phenoxy) is 1. The molecule has 0 spiro atoms. The largest absolute Gasteiger partial charge is 0.377 e. The molecule has 118 valence electrons. The molecule has 22 heavy (non-hydrogen) atoms. The van der Waals surface area contributed by atoms with E-state index < -0.39 is 0 Å². The van der Waals surface area contributed by atoms with Gasteiger partial charge in [-0.2, -0.15) is 0 Å². The highest BCUT2D eigenvalue weighted by molar-refractivity contribution is 5.81. The van der Waals surface area contributed by atoms with Crippen molar-refractivity contribution in [3.05, 3.63) is 18.1 Å². The number of aromatic nitrogens is 2. The summed E-state index contributed by atoms with van der Waals surface area (Å²) in [7, 11) is 0. The molecule has 2 aliphatic heterocycles. The molecule has 3 heterocycles. The molecule has 0 aromatic carbocycles. The van der Waals surface area contributed by atoms with Crippen molar-refractivity contribution in [2.75, 3.05) is 37.7 Å². The van der Waals surface area contributed by atoms with E-state index in [1.165, 1.54) is 12.8 Å². The zero-order valence-electron chi connectivity index (χ0n) is 12.8. The van der Waals surface area contributed by atoms with Crippen LogP contribution in [0.3, 0.4) is 0 Å². The van der Waals surface area contributed by atoms with Gasteiger partial charge in [0.15, 0.2) is 5.82 Å². The van der Waals surface area contributed by atoms with Crippen molar-refractivity contribution in [1.82, 2.24) is 14.9 Å². The van der Waals surface area contributed by atoms with Crippen molar-refractivity contribution in [3.8, 4) is 0 Å². The smallest absolute Gasteiger partial charge is 0.226 e. The Morgan fingerprint density at radius 2 is 2.05 bits per heavy atom. The molecule has 1 amide bonds. The minimum absolute atomic E-state index is 0.135. The Morgan fingerprint density at radius 1 is 1.23 bits per heavy atom. The van der Waals surface area contributed by atoms with Gasteiger partial charge in [-0.25, -0.2) is 9.97 Å².